The molecule has 1 N–H and O–H groups in total. The van der Waals surface area contributed by atoms with Crippen LogP contribution < -0.4 is 20.6 Å². The molecule has 32 heavy (non-hydrogen) atoms. The van der Waals surface area contributed by atoms with Crippen molar-refractivity contribution >= 4 is 39.3 Å². The van der Waals surface area contributed by atoms with Crippen molar-refractivity contribution in [3.8, 4) is 5.75 Å². The van der Waals surface area contributed by atoms with Crippen LogP contribution in [0.15, 0.2) is 70.8 Å². The quantitative estimate of drug-likeness (QED) is 0.612. The Bertz CT molecular complexity index is 1350. The van der Waals surface area contributed by atoms with Gasteiger partial charge in [0.15, 0.2) is 11.3 Å². The van der Waals surface area contributed by atoms with Gasteiger partial charge in [-0.05, 0) is 35.6 Å². The van der Waals surface area contributed by atoms with E-state index in [4.69, 9.17) is 14.8 Å². The van der Waals surface area contributed by atoms with Crippen molar-refractivity contribution in [2.24, 2.45) is 10.1 Å². The highest BCUT2D eigenvalue weighted by molar-refractivity contribution is 8.13. The third-order valence-electron chi connectivity index (χ3n) is 5.65. The summed E-state index contributed by atoms with van der Waals surface area (Å²) < 4.78 is 6.24. The largest absolute Gasteiger partial charge is 0.493 e. The van der Waals surface area contributed by atoms with Gasteiger partial charge in [-0.3, -0.25) is 15.1 Å². The molecule has 0 radical (unpaired) electrons. The van der Waals surface area contributed by atoms with Crippen molar-refractivity contribution in [1.82, 2.24) is 10.3 Å². The minimum atomic E-state index is -0.518. The molecule has 0 aromatic heterocycles. The molecule has 7 heteroatoms. The van der Waals surface area contributed by atoms with E-state index in [9.17, 15) is 4.79 Å². The molecule has 3 aromatic carbocycles. The highest BCUT2D eigenvalue weighted by Gasteiger charge is 2.36. The van der Waals surface area contributed by atoms with E-state index in [0.717, 1.165) is 45.5 Å². The van der Waals surface area contributed by atoms with Crippen molar-refractivity contribution in [2.45, 2.75) is 25.9 Å². The molecule has 6 nitrogen and oxygen atoms in total. The summed E-state index contributed by atoms with van der Waals surface area (Å²) in [5.41, 5.74) is 1.43. The Morgan fingerprint density at radius 1 is 1.09 bits per heavy atom. The molecule has 2 aliphatic heterocycles. The number of fused-ring (bicyclic) bond motifs is 3. The summed E-state index contributed by atoms with van der Waals surface area (Å²) in [5.74, 6) is 0.599. The number of thioether (sulfide) groups is 1. The number of carbonyl (C=O) groups is 1. The van der Waals surface area contributed by atoms with Gasteiger partial charge in [0.05, 0.1) is 12.0 Å². The second kappa shape index (κ2) is 8.67. The Morgan fingerprint density at radius 2 is 1.91 bits per heavy atom. The van der Waals surface area contributed by atoms with E-state index in [1.807, 2.05) is 48.7 Å². The average Bonchev–Trinajstić information content (AvgIpc) is 2.83. The summed E-state index contributed by atoms with van der Waals surface area (Å²) >= 11 is 1.40. The lowest BCUT2D eigenvalue weighted by molar-refractivity contribution is -0.116. The second-order valence-corrected chi connectivity index (χ2v) is 8.47. The standard InChI is InChI=1S/C25H24N4O2S/c1-3-4-15-31-20-14-13-16-9-5-6-10-17(16)21(20)23-26-19-12-8-7-11-18(19)22-24(30)27-25(32-2)28-29(22)23/h5-14,23H,3-4,15H2,1-2H3,(H,27,28,30). The zero-order chi connectivity index (χ0) is 22.1. The van der Waals surface area contributed by atoms with E-state index in [0.29, 0.717) is 17.5 Å². The molecule has 0 bridgehead atoms. The van der Waals surface area contributed by atoms with Crippen molar-refractivity contribution in [2.75, 3.05) is 12.9 Å². The van der Waals surface area contributed by atoms with E-state index in [1.165, 1.54) is 11.8 Å². The first-order valence-corrected chi connectivity index (χ1v) is 12.0. The summed E-state index contributed by atoms with van der Waals surface area (Å²) in [5, 5.41) is 13.6. The molecule has 5 rings (SSSR count). The van der Waals surface area contributed by atoms with Gasteiger partial charge in [-0.15, -0.1) is 5.10 Å². The number of rotatable bonds is 5. The van der Waals surface area contributed by atoms with Crippen LogP contribution in [0.1, 0.15) is 31.5 Å². The van der Waals surface area contributed by atoms with Gasteiger partial charge in [0.2, 0.25) is 0 Å². The highest BCUT2D eigenvalue weighted by Crippen LogP contribution is 2.40. The van der Waals surface area contributed by atoms with Gasteiger partial charge in [0.25, 0.3) is 5.91 Å². The van der Waals surface area contributed by atoms with Gasteiger partial charge >= 0.3 is 0 Å². The normalized spacial score (nSPS) is 17.2. The summed E-state index contributed by atoms with van der Waals surface area (Å²) in [6, 6.07) is 20.0. The summed E-state index contributed by atoms with van der Waals surface area (Å²) in [6.07, 6.45) is 3.40. The summed E-state index contributed by atoms with van der Waals surface area (Å²) in [7, 11) is 0. The van der Waals surface area contributed by atoms with Gasteiger partial charge in [-0.1, -0.05) is 73.6 Å². The highest BCUT2D eigenvalue weighted by atomic mass is 32.2. The van der Waals surface area contributed by atoms with Gasteiger partial charge in [-0.25, -0.2) is 5.01 Å². The van der Waals surface area contributed by atoms with E-state index in [2.05, 4.69) is 30.4 Å². The number of carbonyl (C=O) groups excluding carboxylic acids is 1. The number of amides is 1. The van der Waals surface area contributed by atoms with Crippen LogP contribution in [0.5, 0.6) is 5.75 Å². The number of hydrogen-bond donors (Lipinski definition) is 1. The van der Waals surface area contributed by atoms with Crippen LogP contribution in [0.2, 0.25) is 0 Å². The molecule has 3 aromatic rings. The van der Waals surface area contributed by atoms with Crippen LogP contribution in [0.3, 0.4) is 0 Å². The van der Waals surface area contributed by atoms with Crippen LogP contribution in [-0.2, 0) is 4.79 Å². The minimum Gasteiger partial charge on any atom is -0.493 e. The molecule has 1 amide bonds. The molecule has 2 aliphatic rings. The zero-order valence-corrected chi connectivity index (χ0v) is 18.9. The van der Waals surface area contributed by atoms with E-state index < -0.39 is 6.17 Å². The number of hydrazone groups is 1. The minimum absolute atomic E-state index is 0.176. The molecular formula is C25H24N4O2S. The molecule has 0 saturated heterocycles. The smallest absolute Gasteiger partial charge is 0.276 e. The Labute approximate surface area is 190 Å². The number of hydrogen-bond acceptors (Lipinski definition) is 6. The van der Waals surface area contributed by atoms with Gasteiger partial charge < -0.3 is 4.74 Å². The maximum atomic E-state index is 13.1. The maximum absolute atomic E-state index is 13.1. The third kappa shape index (κ3) is 3.52. The predicted molar refractivity (Wildman–Crippen MR) is 129 cm³/mol. The molecular weight excluding hydrogens is 420 g/mol. The SMILES string of the molecule is CCCCOc1ccc2ccccc2c1C1N=c2ccccc2=C2C(=O)NC(SC)=NN21. The molecule has 1 unspecified atom stereocenters. The lowest BCUT2D eigenvalue weighted by Gasteiger charge is -2.35. The maximum Gasteiger partial charge on any atom is 0.276 e. The lowest BCUT2D eigenvalue weighted by Crippen LogP contribution is -2.50. The predicted octanol–water partition coefficient (Wildman–Crippen LogP) is 3.52. The average molecular weight is 445 g/mol. The van der Waals surface area contributed by atoms with Crippen molar-refractivity contribution in [3.05, 3.63) is 76.8 Å². The van der Waals surface area contributed by atoms with Crippen molar-refractivity contribution in [1.29, 1.82) is 0 Å². The van der Waals surface area contributed by atoms with E-state index in [1.54, 1.807) is 5.01 Å². The number of para-hydroxylation sites is 1. The van der Waals surface area contributed by atoms with Crippen molar-refractivity contribution in [3.63, 3.8) is 0 Å². The number of benzene rings is 3. The van der Waals surface area contributed by atoms with Crippen LogP contribution in [0.4, 0.5) is 0 Å². The van der Waals surface area contributed by atoms with Crippen LogP contribution >= 0.6 is 11.8 Å². The number of ether oxygens (including phenoxy) is 1. The van der Waals surface area contributed by atoms with E-state index in [-0.39, 0.29) is 5.91 Å². The molecule has 2 heterocycles. The monoisotopic (exact) mass is 444 g/mol. The fraction of sp³-hybridized carbons (Fsp3) is 0.240. The Balaban J connectivity index is 1.78. The van der Waals surface area contributed by atoms with Crippen molar-refractivity contribution < 1.29 is 9.53 Å². The molecule has 0 spiro atoms. The van der Waals surface area contributed by atoms with Gasteiger partial charge in [0.1, 0.15) is 11.4 Å². The van der Waals surface area contributed by atoms with Gasteiger partial charge in [-0.2, -0.15) is 0 Å². The topological polar surface area (TPSA) is 66.3 Å². The van der Waals surface area contributed by atoms with E-state index >= 15 is 0 Å². The zero-order valence-electron chi connectivity index (χ0n) is 18.0. The Kier molecular flexibility index (Phi) is 5.57. The molecule has 162 valence electrons. The second-order valence-electron chi connectivity index (χ2n) is 7.68. The third-order valence-corrected chi connectivity index (χ3v) is 6.22. The summed E-state index contributed by atoms with van der Waals surface area (Å²) in [4.78, 5) is 18.2. The first kappa shape index (κ1) is 20.6. The molecule has 0 fully saturated rings. The number of nitrogens with one attached hydrogen (secondary N) is 1. The first-order valence-electron chi connectivity index (χ1n) is 10.8. The Hall–Kier alpha value is -3.32. The lowest BCUT2D eigenvalue weighted by atomic mass is 9.99. The molecule has 0 aliphatic carbocycles. The number of nitrogens with zero attached hydrogens (tertiary/aromatic N) is 3. The van der Waals surface area contributed by atoms with Crippen LogP contribution in [-0.4, -0.2) is 28.9 Å². The first-order chi connectivity index (χ1) is 15.7. The summed E-state index contributed by atoms with van der Waals surface area (Å²) in [6.45, 7) is 2.77. The molecule has 1 atom stereocenters. The fourth-order valence-electron chi connectivity index (χ4n) is 4.10. The fourth-order valence-corrected chi connectivity index (χ4v) is 4.47. The Morgan fingerprint density at radius 3 is 2.75 bits per heavy atom. The van der Waals surface area contributed by atoms with Crippen LogP contribution in [0, 0.1) is 0 Å². The number of amidine groups is 1. The van der Waals surface area contributed by atoms with Gasteiger partial charge in [0, 0.05) is 10.8 Å². The number of unbranched alkanes of at least 4 members (excludes halogenated alkanes) is 1. The molecule has 0 saturated carbocycles. The van der Waals surface area contributed by atoms with Crippen LogP contribution in [0.25, 0.3) is 16.5 Å².